The number of aryl methyl sites for hydroxylation is 2. The van der Waals surface area contributed by atoms with Crippen LogP contribution in [-0.4, -0.2) is 16.2 Å². The lowest BCUT2D eigenvalue weighted by molar-refractivity contribution is 0.528. The minimum Gasteiger partial charge on any atom is -0.460 e. The second-order valence-electron chi connectivity index (χ2n) is 4.90. The van der Waals surface area contributed by atoms with Gasteiger partial charge in [-0.05, 0) is 32.0 Å². The van der Waals surface area contributed by atoms with Crippen molar-refractivity contribution in [1.29, 1.82) is 0 Å². The Labute approximate surface area is 128 Å². The highest BCUT2D eigenvalue weighted by molar-refractivity contribution is 5.76. The Bertz CT molecular complexity index is 793. The van der Waals surface area contributed by atoms with Gasteiger partial charge in [-0.15, -0.1) is 0 Å². The number of benzene rings is 1. The van der Waals surface area contributed by atoms with Crippen molar-refractivity contribution in [3.63, 3.8) is 0 Å². The summed E-state index contributed by atoms with van der Waals surface area (Å²) in [6.07, 6.45) is 1.60. The maximum absolute atomic E-state index is 5.41. The number of hydrogen-bond acceptors (Lipinski definition) is 5. The Balaban J connectivity index is 1.79. The Hall–Kier alpha value is -2.95. The van der Waals surface area contributed by atoms with Crippen LogP contribution in [0.1, 0.15) is 17.2 Å². The molecule has 0 fully saturated rings. The molecule has 0 spiro atoms. The van der Waals surface area contributed by atoms with E-state index in [-0.39, 0.29) is 0 Å². The first-order valence-corrected chi connectivity index (χ1v) is 6.97. The second-order valence-corrected chi connectivity index (χ2v) is 4.90. The molecule has 0 aliphatic heterocycles. The van der Waals surface area contributed by atoms with Crippen LogP contribution in [-0.2, 0) is 0 Å². The summed E-state index contributed by atoms with van der Waals surface area (Å²) in [6, 6.07) is 15.7. The van der Waals surface area contributed by atoms with Crippen molar-refractivity contribution in [2.24, 2.45) is 5.10 Å². The minimum absolute atomic E-state index is 0.457. The number of nitrogens with zero attached hydrogens (tertiary/aromatic N) is 3. The molecule has 0 saturated carbocycles. The number of nitrogens with one attached hydrogen (secondary N) is 1. The van der Waals surface area contributed by atoms with E-state index in [2.05, 4.69) is 20.5 Å². The van der Waals surface area contributed by atoms with Gasteiger partial charge in [0, 0.05) is 11.3 Å². The quantitative estimate of drug-likeness (QED) is 0.587. The summed E-state index contributed by atoms with van der Waals surface area (Å²) < 4.78 is 5.41. The van der Waals surface area contributed by atoms with E-state index in [4.69, 9.17) is 4.42 Å². The van der Waals surface area contributed by atoms with Gasteiger partial charge in [-0.1, -0.05) is 30.3 Å². The van der Waals surface area contributed by atoms with Crippen LogP contribution in [0.3, 0.4) is 0 Å². The van der Waals surface area contributed by atoms with Crippen molar-refractivity contribution < 1.29 is 4.42 Å². The molecule has 0 aliphatic carbocycles. The highest BCUT2D eigenvalue weighted by Gasteiger charge is 2.03. The monoisotopic (exact) mass is 292 g/mol. The van der Waals surface area contributed by atoms with Gasteiger partial charge in [0.15, 0.2) is 0 Å². The van der Waals surface area contributed by atoms with E-state index >= 15 is 0 Å². The van der Waals surface area contributed by atoms with Crippen molar-refractivity contribution in [1.82, 2.24) is 9.97 Å². The van der Waals surface area contributed by atoms with Gasteiger partial charge in [0.25, 0.3) is 0 Å². The highest BCUT2D eigenvalue weighted by Crippen LogP contribution is 2.18. The molecule has 0 aliphatic rings. The van der Waals surface area contributed by atoms with Crippen molar-refractivity contribution in [3.05, 3.63) is 65.7 Å². The van der Waals surface area contributed by atoms with E-state index in [0.717, 1.165) is 22.7 Å². The maximum Gasteiger partial charge on any atom is 0.244 e. The fraction of sp³-hybridized carbons (Fsp3) is 0.118. The molecular formula is C17H16N4O. The summed E-state index contributed by atoms with van der Waals surface area (Å²) in [4.78, 5) is 8.80. The fourth-order valence-electron chi connectivity index (χ4n) is 2.05. The molecule has 1 N–H and O–H groups in total. The number of rotatable bonds is 4. The van der Waals surface area contributed by atoms with Crippen molar-refractivity contribution in [3.8, 4) is 11.3 Å². The highest BCUT2D eigenvalue weighted by atomic mass is 16.3. The van der Waals surface area contributed by atoms with Crippen molar-refractivity contribution in [2.45, 2.75) is 13.8 Å². The van der Waals surface area contributed by atoms with Crippen LogP contribution in [0.25, 0.3) is 11.3 Å². The normalized spacial score (nSPS) is 11.0. The molecule has 1 aromatic carbocycles. The van der Waals surface area contributed by atoms with Crippen LogP contribution in [0.15, 0.2) is 58.0 Å². The first-order chi connectivity index (χ1) is 10.7. The van der Waals surface area contributed by atoms with Gasteiger partial charge in [-0.25, -0.2) is 15.4 Å². The first-order valence-electron chi connectivity index (χ1n) is 6.97. The largest absolute Gasteiger partial charge is 0.460 e. The number of aromatic nitrogens is 2. The standard InChI is InChI=1S/C17H16N4O/c1-12-10-16(14-6-4-3-5-7-14)20-17(19-12)21-18-11-15-9-8-13(2)22-15/h3-11H,1-2H3,(H,19,20,21). The molecule has 110 valence electrons. The van der Waals surface area contributed by atoms with Crippen LogP contribution in [0.4, 0.5) is 5.95 Å². The SMILES string of the molecule is Cc1cc(-c2ccccc2)nc(NN=Cc2ccc(C)o2)n1. The molecule has 5 heteroatoms. The molecule has 0 saturated heterocycles. The third-order valence-corrected chi connectivity index (χ3v) is 3.04. The summed E-state index contributed by atoms with van der Waals surface area (Å²) >= 11 is 0. The van der Waals surface area contributed by atoms with Gasteiger partial charge in [-0.3, -0.25) is 0 Å². The number of hydrogen-bond donors (Lipinski definition) is 1. The Morgan fingerprint density at radius 1 is 1.05 bits per heavy atom. The molecule has 2 heterocycles. The van der Waals surface area contributed by atoms with Crippen LogP contribution in [0.2, 0.25) is 0 Å². The lowest BCUT2D eigenvalue weighted by Gasteiger charge is -2.05. The molecule has 0 unspecified atom stereocenters. The number of hydrazone groups is 1. The predicted molar refractivity (Wildman–Crippen MR) is 86.9 cm³/mol. The molecule has 3 aromatic rings. The topological polar surface area (TPSA) is 63.3 Å². The molecule has 3 rings (SSSR count). The van der Waals surface area contributed by atoms with E-state index in [1.807, 2.05) is 62.4 Å². The summed E-state index contributed by atoms with van der Waals surface area (Å²) in [7, 11) is 0. The van der Waals surface area contributed by atoms with Gasteiger partial charge in [-0.2, -0.15) is 5.10 Å². The lowest BCUT2D eigenvalue weighted by atomic mass is 10.1. The lowest BCUT2D eigenvalue weighted by Crippen LogP contribution is -1.99. The van der Waals surface area contributed by atoms with Crippen molar-refractivity contribution >= 4 is 12.2 Å². The van der Waals surface area contributed by atoms with E-state index in [0.29, 0.717) is 11.7 Å². The summed E-state index contributed by atoms with van der Waals surface area (Å²) in [6.45, 7) is 3.82. The van der Waals surface area contributed by atoms with Crippen molar-refractivity contribution in [2.75, 3.05) is 5.43 Å². The van der Waals surface area contributed by atoms with Gasteiger partial charge < -0.3 is 4.42 Å². The summed E-state index contributed by atoms with van der Waals surface area (Å²) in [5.74, 6) is 1.99. The number of furan rings is 1. The van der Waals surface area contributed by atoms with E-state index in [1.165, 1.54) is 0 Å². The van der Waals surface area contributed by atoms with Gasteiger partial charge in [0.2, 0.25) is 5.95 Å². The molecule has 0 amide bonds. The molecule has 2 aromatic heterocycles. The molecule has 0 atom stereocenters. The van der Waals surface area contributed by atoms with Crippen LogP contribution in [0.5, 0.6) is 0 Å². The Kier molecular flexibility index (Phi) is 3.96. The Morgan fingerprint density at radius 2 is 1.86 bits per heavy atom. The van der Waals surface area contributed by atoms with Crippen LogP contribution >= 0.6 is 0 Å². The predicted octanol–water partition coefficient (Wildman–Crippen LogP) is 3.80. The maximum atomic E-state index is 5.41. The summed E-state index contributed by atoms with van der Waals surface area (Å²) in [5, 5.41) is 4.11. The van der Waals surface area contributed by atoms with E-state index < -0.39 is 0 Å². The number of anilines is 1. The summed E-state index contributed by atoms with van der Waals surface area (Å²) in [5.41, 5.74) is 5.62. The molecule has 22 heavy (non-hydrogen) atoms. The Morgan fingerprint density at radius 3 is 2.59 bits per heavy atom. The van der Waals surface area contributed by atoms with Gasteiger partial charge in [0.05, 0.1) is 11.9 Å². The molecule has 0 radical (unpaired) electrons. The van der Waals surface area contributed by atoms with E-state index in [1.54, 1.807) is 6.21 Å². The third kappa shape index (κ3) is 3.38. The average Bonchev–Trinajstić information content (AvgIpc) is 2.93. The van der Waals surface area contributed by atoms with Gasteiger partial charge >= 0.3 is 0 Å². The zero-order valence-corrected chi connectivity index (χ0v) is 12.4. The second kappa shape index (κ2) is 6.22. The van der Waals surface area contributed by atoms with E-state index in [9.17, 15) is 0 Å². The minimum atomic E-state index is 0.457. The zero-order chi connectivity index (χ0) is 15.4. The first kappa shape index (κ1) is 14.0. The molecule has 5 nitrogen and oxygen atoms in total. The smallest absolute Gasteiger partial charge is 0.244 e. The van der Waals surface area contributed by atoms with Crippen LogP contribution < -0.4 is 5.43 Å². The average molecular weight is 292 g/mol. The van der Waals surface area contributed by atoms with Gasteiger partial charge in [0.1, 0.15) is 11.5 Å². The fourth-order valence-corrected chi connectivity index (χ4v) is 2.05. The zero-order valence-electron chi connectivity index (χ0n) is 12.4. The molecule has 0 bridgehead atoms. The third-order valence-electron chi connectivity index (χ3n) is 3.04. The van der Waals surface area contributed by atoms with Crippen LogP contribution in [0, 0.1) is 13.8 Å². The molecular weight excluding hydrogens is 276 g/mol.